The molecule has 0 bridgehead atoms. The minimum atomic E-state index is -0.0198. The Morgan fingerprint density at radius 2 is 1.95 bits per heavy atom. The van der Waals surface area contributed by atoms with Crippen LogP contribution in [0.1, 0.15) is 47.0 Å². The van der Waals surface area contributed by atoms with Gasteiger partial charge in [-0.25, -0.2) is 0 Å². The second kappa shape index (κ2) is 6.02. The average Bonchev–Trinajstić information content (AvgIpc) is 2.61. The van der Waals surface area contributed by atoms with Crippen molar-refractivity contribution in [3.05, 3.63) is 0 Å². The molecule has 0 aromatic heterocycles. The van der Waals surface area contributed by atoms with Gasteiger partial charge in [0.1, 0.15) is 0 Å². The van der Waals surface area contributed by atoms with E-state index >= 15 is 0 Å². The maximum atomic E-state index is 12.4. The fraction of sp³-hybridized carbons (Fsp3) is 0.938. The molecule has 2 aliphatic heterocycles. The van der Waals surface area contributed by atoms with Gasteiger partial charge in [0.05, 0.1) is 12.2 Å². The van der Waals surface area contributed by atoms with Crippen LogP contribution in [-0.4, -0.2) is 54.6 Å². The third-order valence-electron chi connectivity index (χ3n) is 4.91. The number of hydrogen-bond acceptors (Lipinski definition) is 3. The van der Waals surface area contributed by atoms with Crippen LogP contribution in [0.2, 0.25) is 0 Å². The zero-order chi connectivity index (χ0) is 14.9. The topological polar surface area (TPSA) is 35.6 Å². The molecule has 2 aliphatic rings. The molecular weight excluding hydrogens is 250 g/mol. The van der Waals surface area contributed by atoms with Gasteiger partial charge in [0.25, 0.3) is 0 Å². The van der Waals surface area contributed by atoms with E-state index in [0.29, 0.717) is 5.92 Å². The van der Waals surface area contributed by atoms with E-state index in [1.165, 1.54) is 12.8 Å². The molecule has 116 valence electrons. The van der Waals surface area contributed by atoms with Gasteiger partial charge in [-0.3, -0.25) is 10.1 Å². The van der Waals surface area contributed by atoms with E-state index in [4.69, 9.17) is 0 Å². The normalized spacial score (nSPS) is 31.3. The molecule has 0 aromatic rings. The smallest absolute Gasteiger partial charge is 0.240 e. The lowest BCUT2D eigenvalue weighted by Crippen LogP contribution is -2.48. The van der Waals surface area contributed by atoms with Crippen LogP contribution >= 0.6 is 0 Å². The van der Waals surface area contributed by atoms with Crippen molar-refractivity contribution < 1.29 is 4.79 Å². The van der Waals surface area contributed by atoms with Crippen LogP contribution in [0.15, 0.2) is 0 Å². The predicted molar refractivity (Wildman–Crippen MR) is 82.4 cm³/mol. The maximum absolute atomic E-state index is 12.4. The van der Waals surface area contributed by atoms with Crippen LogP contribution in [0.5, 0.6) is 0 Å². The Morgan fingerprint density at radius 3 is 2.50 bits per heavy atom. The van der Waals surface area contributed by atoms with Crippen molar-refractivity contribution in [2.45, 2.75) is 59.2 Å². The number of carbonyl (C=O) groups excluding carboxylic acids is 1. The molecule has 2 unspecified atom stereocenters. The molecule has 4 nitrogen and oxygen atoms in total. The minimum absolute atomic E-state index is 0.0198. The molecule has 4 heteroatoms. The highest BCUT2D eigenvalue weighted by atomic mass is 16.2. The Labute approximate surface area is 123 Å². The highest BCUT2D eigenvalue weighted by molar-refractivity contribution is 5.83. The van der Waals surface area contributed by atoms with Gasteiger partial charge in [-0.05, 0) is 57.7 Å². The molecule has 0 aliphatic carbocycles. The fourth-order valence-electron chi connectivity index (χ4n) is 3.41. The molecule has 2 rings (SSSR count). The fourth-order valence-corrected chi connectivity index (χ4v) is 3.41. The average molecular weight is 281 g/mol. The van der Waals surface area contributed by atoms with Gasteiger partial charge in [0, 0.05) is 6.54 Å². The Morgan fingerprint density at radius 1 is 1.35 bits per heavy atom. The first-order chi connectivity index (χ1) is 9.31. The summed E-state index contributed by atoms with van der Waals surface area (Å²) in [4.78, 5) is 16.9. The zero-order valence-corrected chi connectivity index (χ0v) is 13.8. The van der Waals surface area contributed by atoms with E-state index in [-0.39, 0.29) is 23.5 Å². The van der Waals surface area contributed by atoms with Crippen molar-refractivity contribution in [3.8, 4) is 0 Å². The number of carbonyl (C=O) groups is 1. The first kappa shape index (κ1) is 15.8. The number of hydrogen-bond donors (Lipinski definition) is 1. The number of nitrogens with zero attached hydrogens (tertiary/aromatic N) is 2. The van der Waals surface area contributed by atoms with Crippen molar-refractivity contribution in [1.82, 2.24) is 15.1 Å². The molecule has 0 aromatic carbocycles. The van der Waals surface area contributed by atoms with Crippen LogP contribution in [0.4, 0.5) is 0 Å². The summed E-state index contributed by atoms with van der Waals surface area (Å²) in [7, 11) is 2.19. The molecule has 0 spiro atoms. The van der Waals surface area contributed by atoms with E-state index in [0.717, 1.165) is 26.1 Å². The van der Waals surface area contributed by atoms with E-state index < -0.39 is 0 Å². The molecule has 0 saturated carbocycles. The van der Waals surface area contributed by atoms with Gasteiger partial charge in [-0.1, -0.05) is 20.8 Å². The summed E-state index contributed by atoms with van der Waals surface area (Å²) in [5, 5.41) is 3.47. The lowest BCUT2D eigenvalue weighted by molar-refractivity contribution is -0.131. The van der Waals surface area contributed by atoms with Gasteiger partial charge in [0.2, 0.25) is 5.91 Å². The third kappa shape index (κ3) is 3.53. The van der Waals surface area contributed by atoms with Crippen molar-refractivity contribution in [3.63, 3.8) is 0 Å². The van der Waals surface area contributed by atoms with Crippen molar-refractivity contribution in [1.29, 1.82) is 0 Å². The summed E-state index contributed by atoms with van der Waals surface area (Å²) in [5.41, 5.74) is 0.281. The number of nitrogens with one attached hydrogen (secondary N) is 1. The van der Waals surface area contributed by atoms with E-state index in [9.17, 15) is 4.79 Å². The molecule has 2 saturated heterocycles. The second-order valence-electron chi connectivity index (χ2n) is 7.61. The first-order valence-corrected chi connectivity index (χ1v) is 8.06. The quantitative estimate of drug-likeness (QED) is 0.855. The lowest BCUT2D eigenvalue weighted by Gasteiger charge is -2.41. The van der Waals surface area contributed by atoms with E-state index in [2.05, 4.69) is 42.9 Å². The van der Waals surface area contributed by atoms with E-state index in [1.54, 1.807) is 0 Å². The summed E-state index contributed by atoms with van der Waals surface area (Å²) in [6.45, 7) is 12.0. The first-order valence-electron chi connectivity index (χ1n) is 8.06. The summed E-state index contributed by atoms with van der Waals surface area (Å²) >= 11 is 0. The molecule has 2 fully saturated rings. The molecule has 2 heterocycles. The molecule has 1 N–H and O–H groups in total. The van der Waals surface area contributed by atoms with Gasteiger partial charge in [0.15, 0.2) is 0 Å². The number of likely N-dealkylation sites (tertiary alicyclic amines) is 1. The third-order valence-corrected chi connectivity index (χ3v) is 4.91. The van der Waals surface area contributed by atoms with Crippen molar-refractivity contribution in [2.75, 3.05) is 26.7 Å². The molecule has 0 radical (unpaired) electrons. The Hall–Kier alpha value is -0.610. The highest BCUT2D eigenvalue weighted by Crippen LogP contribution is 2.33. The summed E-state index contributed by atoms with van der Waals surface area (Å²) < 4.78 is 0. The van der Waals surface area contributed by atoms with Gasteiger partial charge >= 0.3 is 0 Å². The maximum Gasteiger partial charge on any atom is 0.240 e. The number of amides is 1. The Balaban J connectivity index is 2.03. The van der Waals surface area contributed by atoms with Crippen LogP contribution in [0, 0.1) is 11.3 Å². The summed E-state index contributed by atoms with van der Waals surface area (Å²) in [6.07, 6.45) is 3.66. The lowest BCUT2D eigenvalue weighted by atomic mass is 9.80. The zero-order valence-electron chi connectivity index (χ0n) is 13.8. The van der Waals surface area contributed by atoms with Gasteiger partial charge in [-0.15, -0.1) is 0 Å². The molecule has 2 atom stereocenters. The largest absolute Gasteiger partial charge is 0.325 e. The highest BCUT2D eigenvalue weighted by Gasteiger charge is 2.41. The minimum Gasteiger partial charge on any atom is -0.325 e. The molecule has 1 amide bonds. The number of piperidine rings is 1. The van der Waals surface area contributed by atoms with Crippen molar-refractivity contribution >= 4 is 5.91 Å². The Bertz CT molecular complexity index is 348. The van der Waals surface area contributed by atoms with Crippen LogP contribution in [0.3, 0.4) is 0 Å². The monoisotopic (exact) mass is 281 g/mol. The van der Waals surface area contributed by atoms with E-state index in [1.807, 2.05) is 6.92 Å². The van der Waals surface area contributed by atoms with Crippen LogP contribution in [-0.2, 0) is 4.79 Å². The van der Waals surface area contributed by atoms with Gasteiger partial charge < -0.3 is 9.80 Å². The second-order valence-corrected chi connectivity index (χ2v) is 7.61. The van der Waals surface area contributed by atoms with Crippen LogP contribution < -0.4 is 5.32 Å². The predicted octanol–water partition coefficient (Wildman–Crippen LogP) is 1.91. The van der Waals surface area contributed by atoms with Crippen LogP contribution in [0.25, 0.3) is 0 Å². The standard InChI is InChI=1S/C16H31N3O/c1-12(2)10-14-17-13(3)15(20)19(14)11-16(4)6-8-18(5)9-7-16/h12-14,17H,6-11H2,1-5H3. The summed E-state index contributed by atoms with van der Waals surface area (Å²) in [5.74, 6) is 0.897. The number of rotatable bonds is 4. The molecule has 20 heavy (non-hydrogen) atoms. The Kier molecular flexibility index (Phi) is 4.75. The van der Waals surface area contributed by atoms with Crippen molar-refractivity contribution in [2.24, 2.45) is 11.3 Å². The van der Waals surface area contributed by atoms with Gasteiger partial charge in [-0.2, -0.15) is 0 Å². The SMILES string of the molecule is CC(C)CC1NC(C)C(=O)N1CC1(C)CCN(C)CC1. The molecular formula is C16H31N3O. The summed E-state index contributed by atoms with van der Waals surface area (Å²) in [6, 6.07) is -0.0198.